The van der Waals surface area contributed by atoms with Crippen molar-refractivity contribution >= 4 is 26.9 Å². The predicted octanol–water partition coefficient (Wildman–Crippen LogP) is -1.40. The van der Waals surface area contributed by atoms with E-state index in [0.717, 1.165) is 12.5 Å². The predicted molar refractivity (Wildman–Crippen MR) is 38.0 cm³/mol. The van der Waals surface area contributed by atoms with Gasteiger partial charge in [0, 0.05) is 18.3 Å². The topological polar surface area (TPSA) is 46.2 Å². The molecule has 0 bridgehead atoms. The lowest BCUT2D eigenvalue weighted by atomic mass is 10.5. The first-order valence-electron chi connectivity index (χ1n) is 2.49. The fourth-order valence-electron chi connectivity index (χ4n) is 0.332. The fourth-order valence-corrected chi connectivity index (χ4v) is 3.03. The van der Waals surface area contributed by atoms with Crippen molar-refractivity contribution in [1.82, 2.24) is 0 Å². The zero-order valence-electron chi connectivity index (χ0n) is 4.65. The summed E-state index contributed by atoms with van der Waals surface area (Å²) in [6.45, 7) is 0.700. The molecule has 0 unspecified atom stereocenters. The van der Waals surface area contributed by atoms with Crippen molar-refractivity contribution in [2.45, 2.75) is 12.5 Å². The number of rotatable bonds is 4. The van der Waals surface area contributed by atoms with Gasteiger partial charge >= 0.3 is 0 Å². The van der Waals surface area contributed by atoms with Crippen LogP contribution in [0.4, 0.5) is 0 Å². The maximum Gasteiger partial charge on any atom is 0.182 e. The van der Waals surface area contributed by atoms with Crippen LogP contribution in [0.5, 0.6) is 0 Å². The van der Waals surface area contributed by atoms with Crippen LogP contribution >= 0.6 is 0 Å². The van der Waals surface area contributed by atoms with E-state index in [1.807, 2.05) is 0 Å². The second kappa shape index (κ2) is 5.70. The summed E-state index contributed by atoms with van der Waals surface area (Å²) < 4.78 is 0. The summed E-state index contributed by atoms with van der Waals surface area (Å²) in [7, 11) is 2.79. The third-order valence-electron chi connectivity index (χ3n) is 0.762. The van der Waals surface area contributed by atoms with Gasteiger partial charge in [-0.05, 0) is 19.0 Å². The molecule has 0 aliphatic rings. The minimum atomic E-state index is -1.03. The van der Waals surface area contributed by atoms with Crippen LogP contribution in [0.25, 0.3) is 0 Å². The lowest BCUT2D eigenvalue weighted by Gasteiger charge is -1.99. The first-order valence-corrected chi connectivity index (χ1v) is 7.64. The van der Waals surface area contributed by atoms with Crippen molar-refractivity contribution in [1.29, 1.82) is 0 Å². The highest BCUT2D eigenvalue weighted by atomic mass is 29.5. The molecule has 5 heteroatoms. The van der Waals surface area contributed by atoms with E-state index in [4.69, 9.17) is 10.5 Å². The highest BCUT2D eigenvalue weighted by Crippen LogP contribution is 1.88. The van der Waals surface area contributed by atoms with Gasteiger partial charge in [-0.25, -0.2) is 0 Å². The van der Waals surface area contributed by atoms with Crippen LogP contribution in [0.2, 0.25) is 6.04 Å². The summed E-state index contributed by atoms with van der Waals surface area (Å²) in [6.07, 6.45) is 0.961. The third-order valence-corrected chi connectivity index (χ3v) is 6.09. The van der Waals surface area contributed by atoms with Gasteiger partial charge in [-0.15, -0.1) is 0 Å². The van der Waals surface area contributed by atoms with E-state index in [-0.39, 0.29) is 0 Å². The molecule has 0 amide bonds. The van der Waals surface area contributed by atoms with Crippen molar-refractivity contribution in [3.63, 3.8) is 0 Å². The smallest absolute Gasteiger partial charge is 0.182 e. The van der Waals surface area contributed by atoms with Gasteiger partial charge in [0.25, 0.3) is 0 Å². The highest BCUT2D eigenvalue weighted by molar-refractivity contribution is 7.28. The molecule has 0 fully saturated rings. The van der Waals surface area contributed by atoms with Gasteiger partial charge < -0.3 is 10.5 Å². The molecular weight excluding hydrogens is 150 g/mol. The summed E-state index contributed by atoms with van der Waals surface area (Å²) in [6, 6.07) is 0.920. The number of hydrogen-bond acceptors (Lipinski definition) is 2. The Kier molecular flexibility index (Phi) is 6.11. The largest absolute Gasteiger partial charge is 0.435 e. The fraction of sp³-hybridized carbons (Fsp3) is 1.00. The number of nitrogens with two attached hydrogens (primary N) is 1. The van der Waals surface area contributed by atoms with Crippen molar-refractivity contribution in [3.05, 3.63) is 0 Å². The average molecular weight is 159 g/mol. The molecule has 0 heterocycles. The van der Waals surface area contributed by atoms with Crippen LogP contribution < -0.4 is 5.73 Å². The average Bonchev–Trinajstić information content (AvgIpc) is 1.83. The zero-order valence-corrected chi connectivity index (χ0v) is 7.65. The molecule has 0 saturated heterocycles. The van der Waals surface area contributed by atoms with Crippen molar-refractivity contribution in [2.24, 2.45) is 5.73 Å². The zero-order chi connectivity index (χ0) is 6.41. The summed E-state index contributed by atoms with van der Waals surface area (Å²) in [5.41, 5.74) is 5.22. The standard InChI is InChI=1S/C3H9NOSi3/c4-2-1-3-8(5)7-6/h5H,1-4H2. The number of hydrogen-bond donors (Lipinski definition) is 2. The normalized spacial score (nSPS) is 10.5. The SMILES string of the molecule is NCCC[Si](O)[Si][Si]. The highest BCUT2D eigenvalue weighted by Gasteiger charge is 2.02. The Morgan fingerprint density at radius 2 is 2.38 bits per heavy atom. The van der Waals surface area contributed by atoms with E-state index < -0.39 is 8.56 Å². The van der Waals surface area contributed by atoms with Crippen LogP contribution in [0.15, 0.2) is 0 Å². The van der Waals surface area contributed by atoms with E-state index in [1.54, 1.807) is 0 Å². The Morgan fingerprint density at radius 1 is 1.75 bits per heavy atom. The quantitative estimate of drug-likeness (QED) is 0.496. The van der Waals surface area contributed by atoms with Gasteiger partial charge in [0.05, 0.1) is 0 Å². The second-order valence-corrected chi connectivity index (χ2v) is 7.84. The molecule has 0 rings (SSSR count). The lowest BCUT2D eigenvalue weighted by molar-refractivity contribution is 0.587. The Hall–Kier alpha value is 0.571. The van der Waals surface area contributed by atoms with E-state index in [2.05, 4.69) is 9.76 Å². The van der Waals surface area contributed by atoms with Gasteiger partial charge in [0.1, 0.15) is 0 Å². The molecule has 0 aromatic rings. The maximum atomic E-state index is 9.00. The molecule has 0 atom stereocenters. The minimum Gasteiger partial charge on any atom is -0.435 e. The third kappa shape index (κ3) is 4.72. The molecule has 0 aromatic carbocycles. The molecule has 0 saturated carbocycles. The molecular formula is C3H9NOSi3. The Morgan fingerprint density at radius 3 is 2.75 bits per heavy atom. The summed E-state index contributed by atoms with van der Waals surface area (Å²) >= 11 is 0. The van der Waals surface area contributed by atoms with Crippen molar-refractivity contribution in [2.75, 3.05) is 6.54 Å². The Labute approximate surface area is 57.0 Å². The molecule has 8 heavy (non-hydrogen) atoms. The van der Waals surface area contributed by atoms with E-state index in [0.29, 0.717) is 15.1 Å². The van der Waals surface area contributed by atoms with Gasteiger partial charge in [-0.3, -0.25) is 0 Å². The summed E-state index contributed by atoms with van der Waals surface area (Å²) in [5, 5.41) is 0. The van der Waals surface area contributed by atoms with Crippen LogP contribution in [0, 0.1) is 0 Å². The first kappa shape index (κ1) is 8.57. The maximum absolute atomic E-state index is 9.00. The second-order valence-electron chi connectivity index (χ2n) is 1.46. The van der Waals surface area contributed by atoms with Crippen LogP contribution in [-0.4, -0.2) is 38.2 Å². The molecule has 44 valence electrons. The van der Waals surface area contributed by atoms with Gasteiger partial charge in [-0.1, -0.05) is 0 Å². The molecule has 0 aromatic heterocycles. The van der Waals surface area contributed by atoms with Gasteiger partial charge in [0.2, 0.25) is 0 Å². The van der Waals surface area contributed by atoms with Crippen molar-refractivity contribution < 1.29 is 4.80 Å². The molecule has 6 radical (unpaired) electrons. The van der Waals surface area contributed by atoms with Crippen LogP contribution in [-0.2, 0) is 0 Å². The van der Waals surface area contributed by atoms with E-state index in [9.17, 15) is 0 Å². The Balaban J connectivity index is 2.86. The van der Waals surface area contributed by atoms with Crippen LogP contribution in [0.1, 0.15) is 6.42 Å². The lowest BCUT2D eigenvalue weighted by Crippen LogP contribution is -2.22. The first-order chi connectivity index (χ1) is 3.81. The molecule has 3 N–H and O–H groups in total. The molecule has 0 aliphatic heterocycles. The summed E-state index contributed by atoms with van der Waals surface area (Å²) in [5.74, 6) is 0. The van der Waals surface area contributed by atoms with Gasteiger partial charge in [0.15, 0.2) is 8.56 Å². The van der Waals surface area contributed by atoms with Crippen molar-refractivity contribution in [3.8, 4) is 0 Å². The monoisotopic (exact) mass is 159 g/mol. The van der Waals surface area contributed by atoms with Crippen LogP contribution in [0.3, 0.4) is 0 Å². The molecule has 0 spiro atoms. The summed E-state index contributed by atoms with van der Waals surface area (Å²) in [4.78, 5) is 9.00. The molecule has 2 nitrogen and oxygen atoms in total. The minimum absolute atomic E-state index is 0.549. The van der Waals surface area contributed by atoms with E-state index >= 15 is 0 Å². The Bertz CT molecular complexity index is 53.8. The van der Waals surface area contributed by atoms with E-state index in [1.165, 1.54) is 0 Å². The molecule has 0 aliphatic carbocycles. The van der Waals surface area contributed by atoms with Gasteiger partial charge in [-0.2, -0.15) is 0 Å².